The van der Waals surface area contributed by atoms with Crippen molar-refractivity contribution in [2.24, 2.45) is 5.73 Å². The van der Waals surface area contributed by atoms with Crippen molar-refractivity contribution >= 4 is 21.6 Å². The molecule has 0 aliphatic rings. The first-order chi connectivity index (χ1) is 10.0. The molecule has 2 aromatic rings. The normalized spacial score (nSPS) is 12.0. The van der Waals surface area contributed by atoms with Gasteiger partial charge in [-0.05, 0) is 46.1 Å². The molecular formula is C15H15BrN2O3. The number of benzene rings is 2. The van der Waals surface area contributed by atoms with Crippen molar-refractivity contribution in [3.8, 4) is 11.5 Å². The van der Waals surface area contributed by atoms with Gasteiger partial charge < -0.3 is 10.5 Å². The highest BCUT2D eigenvalue weighted by atomic mass is 79.9. The summed E-state index contributed by atoms with van der Waals surface area (Å²) in [4.78, 5) is 10.6. The third-order valence-corrected chi connectivity index (χ3v) is 3.74. The molecule has 2 rings (SSSR count). The van der Waals surface area contributed by atoms with E-state index in [4.69, 9.17) is 10.5 Å². The van der Waals surface area contributed by atoms with E-state index in [9.17, 15) is 10.1 Å². The van der Waals surface area contributed by atoms with Crippen LogP contribution in [0.5, 0.6) is 11.5 Å². The van der Waals surface area contributed by atoms with Crippen LogP contribution in [0.15, 0.2) is 46.9 Å². The lowest BCUT2D eigenvalue weighted by Crippen LogP contribution is -2.08. The Balaban J connectivity index is 2.28. The zero-order valence-corrected chi connectivity index (χ0v) is 13.0. The number of nitrogens with two attached hydrogens (primary N) is 1. The fourth-order valence-corrected chi connectivity index (χ4v) is 2.32. The second kappa shape index (κ2) is 6.69. The molecule has 21 heavy (non-hydrogen) atoms. The highest BCUT2D eigenvalue weighted by Crippen LogP contribution is 2.38. The van der Waals surface area contributed by atoms with Crippen molar-refractivity contribution in [1.29, 1.82) is 0 Å². The van der Waals surface area contributed by atoms with Crippen LogP contribution in [-0.4, -0.2) is 4.92 Å². The molecule has 0 unspecified atom stereocenters. The van der Waals surface area contributed by atoms with E-state index in [-0.39, 0.29) is 17.5 Å². The SMILES string of the molecule is CC[C@@H](N)c1ccc(Oc2c(Br)cccc2[N+](=O)[O-])cc1. The van der Waals surface area contributed by atoms with Crippen molar-refractivity contribution in [1.82, 2.24) is 0 Å². The van der Waals surface area contributed by atoms with Crippen molar-refractivity contribution in [3.63, 3.8) is 0 Å². The molecule has 5 nitrogen and oxygen atoms in total. The van der Waals surface area contributed by atoms with Gasteiger partial charge in [0.2, 0.25) is 5.75 Å². The number of hydrogen-bond donors (Lipinski definition) is 1. The monoisotopic (exact) mass is 350 g/mol. The van der Waals surface area contributed by atoms with Gasteiger partial charge in [0.25, 0.3) is 0 Å². The zero-order valence-electron chi connectivity index (χ0n) is 11.5. The van der Waals surface area contributed by atoms with Gasteiger partial charge in [-0.2, -0.15) is 0 Å². The number of rotatable bonds is 5. The Kier molecular flexibility index (Phi) is 4.93. The van der Waals surface area contributed by atoms with Crippen LogP contribution in [0, 0.1) is 10.1 Å². The lowest BCUT2D eigenvalue weighted by atomic mass is 10.1. The van der Waals surface area contributed by atoms with E-state index in [2.05, 4.69) is 15.9 Å². The Morgan fingerprint density at radius 3 is 2.52 bits per heavy atom. The first-order valence-electron chi connectivity index (χ1n) is 6.49. The highest BCUT2D eigenvalue weighted by molar-refractivity contribution is 9.10. The third kappa shape index (κ3) is 3.59. The van der Waals surface area contributed by atoms with Gasteiger partial charge in [-0.1, -0.05) is 25.1 Å². The molecule has 0 radical (unpaired) electrons. The lowest BCUT2D eigenvalue weighted by molar-refractivity contribution is -0.385. The largest absolute Gasteiger partial charge is 0.449 e. The Morgan fingerprint density at radius 2 is 1.95 bits per heavy atom. The summed E-state index contributed by atoms with van der Waals surface area (Å²) in [5.41, 5.74) is 6.87. The summed E-state index contributed by atoms with van der Waals surface area (Å²) in [5.74, 6) is 0.715. The molecule has 2 N–H and O–H groups in total. The van der Waals surface area contributed by atoms with Crippen LogP contribution in [0.2, 0.25) is 0 Å². The summed E-state index contributed by atoms with van der Waals surface area (Å²) in [7, 11) is 0. The third-order valence-electron chi connectivity index (χ3n) is 3.11. The smallest absolute Gasteiger partial charge is 0.312 e. The summed E-state index contributed by atoms with van der Waals surface area (Å²) in [6.07, 6.45) is 0.843. The molecule has 0 aliphatic heterocycles. The fourth-order valence-electron chi connectivity index (χ4n) is 1.88. The Bertz CT molecular complexity index is 644. The molecule has 6 heteroatoms. The number of para-hydroxylation sites is 1. The predicted octanol–water partition coefficient (Wildman–Crippen LogP) is 4.56. The van der Waals surface area contributed by atoms with Gasteiger partial charge in [-0.3, -0.25) is 10.1 Å². The van der Waals surface area contributed by atoms with Crippen molar-refractivity contribution in [2.75, 3.05) is 0 Å². The van der Waals surface area contributed by atoms with Crippen LogP contribution in [0.3, 0.4) is 0 Å². The molecule has 0 saturated carbocycles. The van der Waals surface area contributed by atoms with Crippen molar-refractivity contribution < 1.29 is 9.66 Å². The second-order valence-corrected chi connectivity index (χ2v) is 5.39. The van der Waals surface area contributed by atoms with E-state index in [1.165, 1.54) is 6.07 Å². The van der Waals surface area contributed by atoms with Crippen LogP contribution in [-0.2, 0) is 0 Å². The van der Waals surface area contributed by atoms with Crippen molar-refractivity contribution in [2.45, 2.75) is 19.4 Å². The Morgan fingerprint density at radius 1 is 1.29 bits per heavy atom. The number of nitro benzene ring substituents is 1. The summed E-state index contributed by atoms with van der Waals surface area (Å²) in [5, 5.41) is 11.0. The van der Waals surface area contributed by atoms with Crippen molar-refractivity contribution in [3.05, 3.63) is 62.6 Å². The average molecular weight is 351 g/mol. The minimum Gasteiger partial charge on any atom is -0.449 e. The van der Waals surface area contributed by atoms with Gasteiger partial charge in [-0.15, -0.1) is 0 Å². The maximum Gasteiger partial charge on any atom is 0.312 e. The molecule has 0 fully saturated rings. The van der Waals surface area contributed by atoms with E-state index < -0.39 is 4.92 Å². The summed E-state index contributed by atoms with van der Waals surface area (Å²) in [6.45, 7) is 2.01. The minimum atomic E-state index is -0.471. The van der Waals surface area contributed by atoms with Crippen LogP contribution < -0.4 is 10.5 Å². The van der Waals surface area contributed by atoms with Gasteiger partial charge >= 0.3 is 5.69 Å². The predicted molar refractivity (Wildman–Crippen MR) is 84.5 cm³/mol. The standard InChI is InChI=1S/C15H15BrN2O3/c1-2-13(17)10-6-8-11(9-7-10)21-15-12(16)4-3-5-14(15)18(19)20/h3-9,13H,2,17H2,1H3/t13-/m1/s1. The average Bonchev–Trinajstić information content (AvgIpc) is 2.49. The maximum atomic E-state index is 11.0. The summed E-state index contributed by atoms with van der Waals surface area (Å²) >= 11 is 3.27. The fraction of sp³-hybridized carbons (Fsp3) is 0.200. The molecule has 2 aromatic carbocycles. The number of hydrogen-bond acceptors (Lipinski definition) is 4. The Labute approximate surface area is 131 Å². The molecule has 0 spiro atoms. The van der Waals surface area contributed by atoms with E-state index in [0.29, 0.717) is 10.2 Å². The van der Waals surface area contributed by atoms with E-state index in [1.807, 2.05) is 19.1 Å². The maximum absolute atomic E-state index is 11.0. The number of ether oxygens (including phenoxy) is 1. The number of halogens is 1. The second-order valence-electron chi connectivity index (χ2n) is 4.53. The minimum absolute atomic E-state index is 0.0168. The molecule has 0 aliphatic carbocycles. The zero-order chi connectivity index (χ0) is 15.4. The summed E-state index contributed by atoms with van der Waals surface area (Å²) < 4.78 is 6.17. The number of nitrogens with zero attached hydrogens (tertiary/aromatic N) is 1. The van der Waals surface area contributed by atoms with Gasteiger partial charge in [-0.25, -0.2) is 0 Å². The molecule has 0 bridgehead atoms. The van der Waals surface area contributed by atoms with E-state index in [1.54, 1.807) is 24.3 Å². The van der Waals surface area contributed by atoms with Crippen LogP contribution in [0.1, 0.15) is 24.9 Å². The van der Waals surface area contributed by atoms with E-state index >= 15 is 0 Å². The van der Waals surface area contributed by atoms with E-state index in [0.717, 1.165) is 12.0 Å². The Hall–Kier alpha value is -1.92. The highest BCUT2D eigenvalue weighted by Gasteiger charge is 2.18. The van der Waals surface area contributed by atoms with Gasteiger partial charge in [0.05, 0.1) is 9.40 Å². The van der Waals surface area contributed by atoms with Gasteiger partial charge in [0, 0.05) is 12.1 Å². The molecule has 1 atom stereocenters. The molecule has 110 valence electrons. The lowest BCUT2D eigenvalue weighted by Gasteiger charge is -2.11. The molecule has 0 saturated heterocycles. The topological polar surface area (TPSA) is 78.4 Å². The first-order valence-corrected chi connectivity index (χ1v) is 7.28. The van der Waals surface area contributed by atoms with Crippen LogP contribution >= 0.6 is 15.9 Å². The summed E-state index contributed by atoms with van der Waals surface area (Å²) in [6, 6.07) is 11.9. The van der Waals surface area contributed by atoms with Crippen LogP contribution in [0.25, 0.3) is 0 Å². The number of nitro groups is 1. The van der Waals surface area contributed by atoms with Gasteiger partial charge in [0.1, 0.15) is 5.75 Å². The van der Waals surface area contributed by atoms with Gasteiger partial charge in [0.15, 0.2) is 0 Å². The molecular weight excluding hydrogens is 336 g/mol. The molecule has 0 amide bonds. The first kappa shape index (κ1) is 15.5. The quantitative estimate of drug-likeness (QED) is 0.633. The molecule has 0 aromatic heterocycles. The van der Waals surface area contributed by atoms with Crippen LogP contribution in [0.4, 0.5) is 5.69 Å². The molecule has 0 heterocycles.